The highest BCUT2D eigenvalue weighted by atomic mass is 19.1. The zero-order valence-electron chi connectivity index (χ0n) is 11.9. The third-order valence-corrected chi connectivity index (χ3v) is 3.83. The van der Waals surface area contributed by atoms with Crippen molar-refractivity contribution in [3.63, 3.8) is 0 Å². The first-order valence-electron chi connectivity index (χ1n) is 7.01. The Bertz CT molecular complexity index is 450. The van der Waals surface area contributed by atoms with Crippen LogP contribution in [-0.4, -0.2) is 19.2 Å². The molecule has 0 spiro atoms. The summed E-state index contributed by atoms with van der Waals surface area (Å²) < 4.78 is 19.0. The van der Waals surface area contributed by atoms with E-state index in [1.807, 2.05) is 6.92 Å². The standard InChI is InChI=1S/C15H23FN2O/c1-4-19-15-9-14(13(17)8-12(15)16)18-6-5-10(2)7-11(18)3/h8-11H,4-7,17H2,1-3H3. The highest BCUT2D eigenvalue weighted by molar-refractivity contribution is 5.70. The monoisotopic (exact) mass is 266 g/mol. The lowest BCUT2D eigenvalue weighted by molar-refractivity contribution is 0.321. The number of nitrogens with two attached hydrogens (primary N) is 1. The van der Waals surface area contributed by atoms with Crippen molar-refractivity contribution in [3.05, 3.63) is 17.9 Å². The Morgan fingerprint density at radius 3 is 2.79 bits per heavy atom. The summed E-state index contributed by atoms with van der Waals surface area (Å²) in [4.78, 5) is 2.26. The van der Waals surface area contributed by atoms with Crippen molar-refractivity contribution in [1.29, 1.82) is 0 Å². The van der Waals surface area contributed by atoms with Crippen LogP contribution in [0.25, 0.3) is 0 Å². The van der Waals surface area contributed by atoms with Gasteiger partial charge in [0, 0.05) is 24.7 Å². The smallest absolute Gasteiger partial charge is 0.167 e. The number of benzene rings is 1. The number of nitrogen functional groups attached to an aromatic ring is 1. The summed E-state index contributed by atoms with van der Waals surface area (Å²) in [6.45, 7) is 7.73. The van der Waals surface area contributed by atoms with E-state index in [-0.39, 0.29) is 11.6 Å². The summed E-state index contributed by atoms with van der Waals surface area (Å²) >= 11 is 0. The molecule has 2 rings (SSSR count). The third-order valence-electron chi connectivity index (χ3n) is 3.83. The zero-order chi connectivity index (χ0) is 14.0. The number of hydrogen-bond acceptors (Lipinski definition) is 3. The molecule has 0 bridgehead atoms. The van der Waals surface area contributed by atoms with Crippen LogP contribution in [0.5, 0.6) is 5.75 Å². The lowest BCUT2D eigenvalue weighted by Gasteiger charge is -2.39. The number of rotatable bonds is 3. The van der Waals surface area contributed by atoms with Crippen LogP contribution in [0.15, 0.2) is 12.1 Å². The number of nitrogens with zero attached hydrogens (tertiary/aromatic N) is 1. The average molecular weight is 266 g/mol. The van der Waals surface area contributed by atoms with Gasteiger partial charge in [-0.2, -0.15) is 0 Å². The fourth-order valence-electron chi connectivity index (χ4n) is 2.84. The Labute approximate surface area is 114 Å². The van der Waals surface area contributed by atoms with Crippen molar-refractivity contribution in [3.8, 4) is 5.75 Å². The molecule has 1 aromatic carbocycles. The molecule has 1 saturated heterocycles. The predicted molar refractivity (Wildman–Crippen MR) is 77.2 cm³/mol. The number of hydrogen-bond donors (Lipinski definition) is 1. The fourth-order valence-corrected chi connectivity index (χ4v) is 2.84. The molecule has 19 heavy (non-hydrogen) atoms. The maximum absolute atomic E-state index is 13.7. The van der Waals surface area contributed by atoms with E-state index in [4.69, 9.17) is 10.5 Å². The first kappa shape index (κ1) is 14.0. The van der Waals surface area contributed by atoms with Gasteiger partial charge in [-0.1, -0.05) is 6.92 Å². The predicted octanol–water partition coefficient (Wildman–Crippen LogP) is 3.43. The van der Waals surface area contributed by atoms with E-state index in [0.717, 1.165) is 31.0 Å². The quantitative estimate of drug-likeness (QED) is 0.852. The van der Waals surface area contributed by atoms with Crippen LogP contribution in [0.1, 0.15) is 33.6 Å². The van der Waals surface area contributed by atoms with Gasteiger partial charge in [0.1, 0.15) is 0 Å². The molecule has 2 atom stereocenters. The van der Waals surface area contributed by atoms with Gasteiger partial charge < -0.3 is 15.4 Å². The normalized spacial score (nSPS) is 23.5. The van der Waals surface area contributed by atoms with Crippen molar-refractivity contribution < 1.29 is 9.13 Å². The summed E-state index contributed by atoms with van der Waals surface area (Å²) in [5.74, 6) is 0.637. The van der Waals surface area contributed by atoms with Gasteiger partial charge in [-0.05, 0) is 32.6 Å². The van der Waals surface area contributed by atoms with Gasteiger partial charge in [0.2, 0.25) is 0 Å². The lowest BCUT2D eigenvalue weighted by atomic mass is 9.93. The molecule has 2 unspecified atom stereocenters. The molecule has 1 fully saturated rings. The third kappa shape index (κ3) is 2.94. The molecule has 1 aliphatic rings. The first-order chi connectivity index (χ1) is 9.02. The van der Waals surface area contributed by atoms with Gasteiger partial charge in [-0.3, -0.25) is 0 Å². The molecule has 4 heteroatoms. The van der Waals surface area contributed by atoms with Crippen molar-refractivity contribution in [1.82, 2.24) is 0 Å². The summed E-state index contributed by atoms with van der Waals surface area (Å²) in [6, 6.07) is 3.53. The van der Waals surface area contributed by atoms with Gasteiger partial charge >= 0.3 is 0 Å². The van der Waals surface area contributed by atoms with Gasteiger partial charge in [-0.15, -0.1) is 0 Å². The second kappa shape index (κ2) is 5.68. The highest BCUT2D eigenvalue weighted by Gasteiger charge is 2.25. The molecule has 3 nitrogen and oxygen atoms in total. The Morgan fingerprint density at radius 2 is 2.16 bits per heavy atom. The van der Waals surface area contributed by atoms with Crippen LogP contribution in [0, 0.1) is 11.7 Å². The highest BCUT2D eigenvalue weighted by Crippen LogP contribution is 2.35. The zero-order valence-corrected chi connectivity index (χ0v) is 11.9. The molecule has 2 N–H and O–H groups in total. The van der Waals surface area contributed by atoms with E-state index >= 15 is 0 Å². The Balaban J connectivity index is 2.30. The lowest BCUT2D eigenvalue weighted by Crippen LogP contribution is -2.40. The largest absolute Gasteiger partial charge is 0.491 e. The van der Waals surface area contributed by atoms with E-state index in [0.29, 0.717) is 18.3 Å². The minimum atomic E-state index is -0.388. The molecule has 0 radical (unpaired) electrons. The van der Waals surface area contributed by atoms with Crippen molar-refractivity contribution in [2.24, 2.45) is 5.92 Å². The summed E-state index contributed by atoms with van der Waals surface area (Å²) in [5.41, 5.74) is 7.36. The van der Waals surface area contributed by atoms with Crippen LogP contribution in [0.4, 0.5) is 15.8 Å². The van der Waals surface area contributed by atoms with Gasteiger partial charge in [-0.25, -0.2) is 4.39 Å². The van der Waals surface area contributed by atoms with E-state index in [1.54, 1.807) is 6.07 Å². The number of piperidine rings is 1. The summed E-state index contributed by atoms with van der Waals surface area (Å²) in [7, 11) is 0. The summed E-state index contributed by atoms with van der Waals surface area (Å²) in [6.07, 6.45) is 2.28. The van der Waals surface area contributed by atoms with Gasteiger partial charge in [0.05, 0.1) is 18.0 Å². The Kier molecular flexibility index (Phi) is 4.17. The minimum absolute atomic E-state index is 0.289. The van der Waals surface area contributed by atoms with Crippen LogP contribution in [0.2, 0.25) is 0 Å². The van der Waals surface area contributed by atoms with Crippen LogP contribution >= 0.6 is 0 Å². The number of ether oxygens (including phenoxy) is 1. The molecule has 0 aromatic heterocycles. The van der Waals surface area contributed by atoms with E-state index in [9.17, 15) is 4.39 Å². The van der Waals surface area contributed by atoms with E-state index in [1.165, 1.54) is 6.07 Å². The maximum Gasteiger partial charge on any atom is 0.167 e. The molecule has 0 saturated carbocycles. The average Bonchev–Trinajstić information content (AvgIpc) is 2.34. The number of anilines is 2. The maximum atomic E-state index is 13.7. The Morgan fingerprint density at radius 1 is 1.42 bits per heavy atom. The first-order valence-corrected chi connectivity index (χ1v) is 7.01. The van der Waals surface area contributed by atoms with Crippen molar-refractivity contribution in [2.75, 3.05) is 23.8 Å². The van der Waals surface area contributed by atoms with Crippen molar-refractivity contribution in [2.45, 2.75) is 39.7 Å². The van der Waals surface area contributed by atoms with Crippen LogP contribution in [0.3, 0.4) is 0 Å². The van der Waals surface area contributed by atoms with Gasteiger partial charge in [0.15, 0.2) is 11.6 Å². The molecular formula is C15H23FN2O. The van der Waals surface area contributed by atoms with E-state index < -0.39 is 0 Å². The number of halogens is 1. The molecular weight excluding hydrogens is 243 g/mol. The molecule has 106 valence electrons. The van der Waals surface area contributed by atoms with E-state index in [2.05, 4.69) is 18.7 Å². The molecule has 1 heterocycles. The van der Waals surface area contributed by atoms with Crippen LogP contribution < -0.4 is 15.4 Å². The Hall–Kier alpha value is -1.45. The fraction of sp³-hybridized carbons (Fsp3) is 0.600. The molecule has 0 aliphatic carbocycles. The van der Waals surface area contributed by atoms with Gasteiger partial charge in [0.25, 0.3) is 0 Å². The SMILES string of the molecule is CCOc1cc(N2CCC(C)CC2C)c(N)cc1F. The molecule has 0 amide bonds. The molecule has 1 aromatic rings. The summed E-state index contributed by atoms with van der Waals surface area (Å²) in [5, 5.41) is 0. The molecule has 1 aliphatic heterocycles. The van der Waals surface area contributed by atoms with Crippen molar-refractivity contribution >= 4 is 11.4 Å². The second-order valence-corrected chi connectivity index (χ2v) is 5.45. The minimum Gasteiger partial charge on any atom is -0.491 e. The topological polar surface area (TPSA) is 38.5 Å². The second-order valence-electron chi connectivity index (χ2n) is 5.45. The van der Waals surface area contributed by atoms with Crippen LogP contribution in [-0.2, 0) is 0 Å².